The van der Waals surface area contributed by atoms with Crippen molar-refractivity contribution in [3.63, 3.8) is 0 Å². The fraction of sp³-hybridized carbons (Fsp3) is 0.0769. The van der Waals surface area contributed by atoms with Crippen LogP contribution in [0.1, 0.15) is 0 Å². The minimum absolute atomic E-state index is 0. The molecular weight excluding hydrogens is 236 g/mol. The molecule has 4 heteroatoms. The van der Waals surface area contributed by atoms with Crippen LogP contribution in [-0.2, 0) is 0 Å². The van der Waals surface area contributed by atoms with E-state index in [9.17, 15) is 0 Å². The second kappa shape index (κ2) is 5.88. The molecule has 0 saturated heterocycles. The van der Waals surface area contributed by atoms with Crippen molar-refractivity contribution in [3.8, 4) is 16.9 Å². The van der Waals surface area contributed by atoms with Gasteiger partial charge in [-0.2, -0.15) is 0 Å². The quantitative estimate of drug-likeness (QED) is 0.737. The lowest BCUT2D eigenvalue weighted by Crippen LogP contribution is -3.00. The average Bonchev–Trinajstić information content (AvgIpc) is 2.39. The summed E-state index contributed by atoms with van der Waals surface area (Å²) < 4.78 is 5.14. The van der Waals surface area contributed by atoms with E-state index in [1.807, 2.05) is 42.5 Å². The second-order valence-corrected chi connectivity index (χ2v) is 3.35. The zero-order valence-electron chi connectivity index (χ0n) is 9.30. The van der Waals surface area contributed by atoms with E-state index in [1.165, 1.54) is 0 Å². The molecule has 2 aromatic carbocycles. The van der Waals surface area contributed by atoms with Gasteiger partial charge in [-0.05, 0) is 23.3 Å². The highest BCUT2D eigenvalue weighted by molar-refractivity contribution is 5.71. The van der Waals surface area contributed by atoms with Gasteiger partial charge in [0.15, 0.2) is 4.98 Å². The molecule has 2 rings (SSSR count). The Morgan fingerprint density at radius 3 is 2.29 bits per heavy atom. The van der Waals surface area contributed by atoms with E-state index in [1.54, 1.807) is 13.2 Å². The largest absolute Gasteiger partial charge is 1.00 e. The van der Waals surface area contributed by atoms with Crippen molar-refractivity contribution < 1.29 is 17.1 Å². The maximum atomic E-state index is 8.76. The van der Waals surface area contributed by atoms with E-state index in [4.69, 9.17) is 10.1 Å². The molecule has 0 radical (unpaired) electrons. The van der Waals surface area contributed by atoms with Crippen LogP contribution < -0.4 is 17.1 Å². The summed E-state index contributed by atoms with van der Waals surface area (Å²) in [6.45, 7) is 0. The van der Waals surface area contributed by atoms with Gasteiger partial charge in [-0.25, -0.2) is 0 Å². The van der Waals surface area contributed by atoms with Crippen LogP contribution in [-0.4, -0.2) is 7.11 Å². The minimum atomic E-state index is 0. The highest BCUT2D eigenvalue weighted by Crippen LogP contribution is 2.32. The van der Waals surface area contributed by atoms with E-state index >= 15 is 0 Å². The maximum absolute atomic E-state index is 8.76. The van der Waals surface area contributed by atoms with Crippen LogP contribution in [0.5, 0.6) is 5.75 Å². The molecular formula is C13H11ClN2O. The van der Waals surface area contributed by atoms with Gasteiger partial charge in [0, 0.05) is 6.07 Å². The third kappa shape index (κ3) is 2.74. The van der Waals surface area contributed by atoms with Gasteiger partial charge in [0.1, 0.15) is 0 Å². The Bertz CT molecular complexity index is 535. The van der Waals surface area contributed by atoms with Crippen LogP contribution in [0.4, 0.5) is 5.69 Å². The van der Waals surface area contributed by atoms with Gasteiger partial charge >= 0.3 is 5.69 Å². The Morgan fingerprint density at radius 1 is 1.00 bits per heavy atom. The first-order valence-corrected chi connectivity index (χ1v) is 4.93. The molecule has 0 fully saturated rings. The van der Waals surface area contributed by atoms with Crippen molar-refractivity contribution in [1.82, 2.24) is 0 Å². The number of methoxy groups -OCH3 is 1. The Balaban J connectivity index is 0.00000144. The number of hydrogen-bond acceptors (Lipinski definition) is 2. The molecule has 0 aliphatic rings. The molecule has 0 unspecified atom stereocenters. The van der Waals surface area contributed by atoms with Crippen LogP contribution in [0.3, 0.4) is 0 Å². The van der Waals surface area contributed by atoms with Crippen molar-refractivity contribution in [2.75, 3.05) is 7.11 Å². The van der Waals surface area contributed by atoms with Gasteiger partial charge in [0.05, 0.1) is 7.11 Å². The summed E-state index contributed by atoms with van der Waals surface area (Å²) in [5, 5.41) is 8.76. The van der Waals surface area contributed by atoms with Crippen molar-refractivity contribution in [1.29, 1.82) is 5.39 Å². The molecule has 17 heavy (non-hydrogen) atoms. The Kier molecular flexibility index (Phi) is 4.50. The number of benzene rings is 2. The molecule has 3 nitrogen and oxygen atoms in total. The molecule has 0 aliphatic carbocycles. The van der Waals surface area contributed by atoms with Gasteiger partial charge in [-0.3, -0.25) is 0 Å². The van der Waals surface area contributed by atoms with Gasteiger partial charge in [-0.15, -0.1) is 0 Å². The molecule has 0 saturated carbocycles. The summed E-state index contributed by atoms with van der Waals surface area (Å²) in [7, 11) is 1.55. The van der Waals surface area contributed by atoms with Crippen LogP contribution in [0.15, 0.2) is 48.5 Å². The zero-order chi connectivity index (χ0) is 11.4. The Morgan fingerprint density at radius 2 is 1.71 bits per heavy atom. The van der Waals surface area contributed by atoms with Gasteiger partial charge in [-0.1, -0.05) is 30.3 Å². The predicted octanol–water partition coefficient (Wildman–Crippen LogP) is 0.851. The number of diazo groups is 1. The van der Waals surface area contributed by atoms with Gasteiger partial charge in [0.2, 0.25) is 11.1 Å². The third-order valence-electron chi connectivity index (χ3n) is 2.39. The predicted molar refractivity (Wildman–Crippen MR) is 63.2 cm³/mol. The van der Waals surface area contributed by atoms with Crippen LogP contribution >= 0.6 is 0 Å². The van der Waals surface area contributed by atoms with E-state index in [-0.39, 0.29) is 12.4 Å². The van der Waals surface area contributed by atoms with Crippen molar-refractivity contribution >= 4 is 5.69 Å². The van der Waals surface area contributed by atoms with Crippen molar-refractivity contribution in [2.24, 2.45) is 0 Å². The summed E-state index contributed by atoms with van der Waals surface area (Å²) in [5.41, 5.74) is 2.57. The van der Waals surface area contributed by atoms with Crippen molar-refractivity contribution in [2.45, 2.75) is 0 Å². The van der Waals surface area contributed by atoms with Crippen LogP contribution in [0.25, 0.3) is 16.1 Å². The lowest BCUT2D eigenvalue weighted by Gasteiger charge is -2.02. The lowest BCUT2D eigenvalue weighted by molar-refractivity contribution is -0.00000368. The summed E-state index contributed by atoms with van der Waals surface area (Å²) in [6, 6.07) is 15.4. The topological polar surface area (TPSA) is 37.4 Å². The number of halogens is 1. The van der Waals surface area contributed by atoms with E-state index < -0.39 is 0 Å². The Hall–Kier alpha value is -2.05. The number of rotatable bonds is 2. The smallest absolute Gasteiger partial charge is 0.426 e. The van der Waals surface area contributed by atoms with Crippen LogP contribution in [0.2, 0.25) is 0 Å². The minimum Gasteiger partial charge on any atom is -1.00 e. The summed E-state index contributed by atoms with van der Waals surface area (Å²) in [5.74, 6) is 0.559. The molecule has 0 atom stereocenters. The lowest BCUT2D eigenvalue weighted by atomic mass is 10.1. The molecule has 0 heterocycles. The van der Waals surface area contributed by atoms with Gasteiger partial charge < -0.3 is 17.1 Å². The van der Waals surface area contributed by atoms with Crippen molar-refractivity contribution in [3.05, 3.63) is 53.5 Å². The monoisotopic (exact) mass is 246 g/mol. The Labute approximate surface area is 106 Å². The summed E-state index contributed by atoms with van der Waals surface area (Å²) in [6.07, 6.45) is 0. The molecule has 0 aliphatic heterocycles. The summed E-state index contributed by atoms with van der Waals surface area (Å²) in [4.78, 5) is 3.15. The second-order valence-electron chi connectivity index (χ2n) is 3.35. The summed E-state index contributed by atoms with van der Waals surface area (Å²) >= 11 is 0. The first-order chi connectivity index (χ1) is 7.85. The molecule has 0 bridgehead atoms. The zero-order valence-corrected chi connectivity index (χ0v) is 10.1. The fourth-order valence-corrected chi connectivity index (χ4v) is 1.57. The SMILES string of the molecule is COc1cc(-c2ccccc2)ccc1[N+]#N.[Cl-]. The van der Waals surface area contributed by atoms with E-state index in [0.717, 1.165) is 11.1 Å². The van der Waals surface area contributed by atoms with Crippen LogP contribution in [0, 0.1) is 5.39 Å². The highest BCUT2D eigenvalue weighted by atomic mass is 35.5. The van der Waals surface area contributed by atoms with E-state index in [0.29, 0.717) is 11.4 Å². The molecule has 0 aromatic heterocycles. The molecule has 0 amide bonds. The molecule has 0 N–H and O–H groups in total. The number of nitrogens with zero attached hydrogens (tertiary/aromatic N) is 2. The third-order valence-corrected chi connectivity index (χ3v) is 2.39. The first-order valence-electron chi connectivity index (χ1n) is 4.93. The normalized spacial score (nSPS) is 8.94. The molecule has 86 valence electrons. The molecule has 0 spiro atoms. The highest BCUT2D eigenvalue weighted by Gasteiger charge is 2.14. The fourth-order valence-electron chi connectivity index (χ4n) is 1.57. The molecule has 2 aromatic rings. The number of hydrogen-bond donors (Lipinski definition) is 0. The first kappa shape index (κ1) is 13.0. The average molecular weight is 247 g/mol. The van der Waals surface area contributed by atoms with E-state index in [2.05, 4.69) is 4.98 Å². The van der Waals surface area contributed by atoms with Gasteiger partial charge in [0.25, 0.3) is 0 Å². The number of ether oxygens (including phenoxy) is 1. The standard InChI is InChI=1S/C13H11N2O.ClH/c1-16-13-9-11(7-8-12(13)15-14)10-5-3-2-4-6-10;/h2-9H,1H3;1H/q+1;/p-1. The maximum Gasteiger partial charge on any atom is 0.426 e.